The van der Waals surface area contributed by atoms with E-state index in [1.807, 2.05) is 0 Å². The van der Waals surface area contributed by atoms with E-state index in [9.17, 15) is 13.9 Å². The van der Waals surface area contributed by atoms with Gasteiger partial charge in [-0.3, -0.25) is 0 Å². The molecule has 0 amide bonds. The van der Waals surface area contributed by atoms with Crippen molar-refractivity contribution in [2.24, 2.45) is 0 Å². The molecule has 0 spiro atoms. The van der Waals surface area contributed by atoms with E-state index in [2.05, 4.69) is 31.9 Å². The van der Waals surface area contributed by atoms with Crippen LogP contribution >= 0.6 is 31.9 Å². The molecule has 2 rings (SSSR count). The smallest absolute Gasteiger partial charge is 0.137 e. The van der Waals surface area contributed by atoms with Crippen LogP contribution in [0.2, 0.25) is 0 Å². The highest BCUT2D eigenvalue weighted by atomic mass is 79.9. The van der Waals surface area contributed by atoms with Crippen LogP contribution in [-0.2, 0) is 0 Å². The minimum atomic E-state index is -0.947. The van der Waals surface area contributed by atoms with Crippen LogP contribution in [0, 0.1) is 11.6 Å². The van der Waals surface area contributed by atoms with E-state index in [1.54, 1.807) is 0 Å². The summed E-state index contributed by atoms with van der Waals surface area (Å²) in [6.45, 7) is 0. The number of benzene rings is 2. The van der Waals surface area contributed by atoms with Crippen LogP contribution in [0.1, 0.15) is 17.2 Å². The van der Waals surface area contributed by atoms with E-state index in [0.717, 1.165) is 0 Å². The van der Waals surface area contributed by atoms with Gasteiger partial charge in [0.1, 0.15) is 17.7 Å². The van der Waals surface area contributed by atoms with Crippen molar-refractivity contribution >= 4 is 31.9 Å². The van der Waals surface area contributed by atoms with Crippen LogP contribution < -0.4 is 0 Å². The lowest BCUT2D eigenvalue weighted by molar-refractivity contribution is 0.219. The van der Waals surface area contributed by atoms with E-state index >= 15 is 0 Å². The Balaban J connectivity index is 2.41. The summed E-state index contributed by atoms with van der Waals surface area (Å²) in [7, 11) is 0. The fourth-order valence-corrected chi connectivity index (χ4v) is 2.55. The molecule has 1 unspecified atom stereocenters. The zero-order valence-corrected chi connectivity index (χ0v) is 12.2. The maximum absolute atomic E-state index is 13.1. The van der Waals surface area contributed by atoms with Crippen LogP contribution in [0.15, 0.2) is 45.3 Å². The summed E-state index contributed by atoms with van der Waals surface area (Å²) in [4.78, 5) is 0. The maximum Gasteiger partial charge on any atom is 0.137 e. The van der Waals surface area contributed by atoms with E-state index in [4.69, 9.17) is 0 Å². The molecule has 0 fully saturated rings. The molecule has 0 aliphatic rings. The highest BCUT2D eigenvalue weighted by Crippen LogP contribution is 2.30. The summed E-state index contributed by atoms with van der Waals surface area (Å²) in [5.74, 6) is -0.790. The van der Waals surface area contributed by atoms with Gasteiger partial charge < -0.3 is 5.11 Å². The van der Waals surface area contributed by atoms with Crippen molar-refractivity contribution in [2.75, 3.05) is 0 Å². The summed E-state index contributed by atoms with van der Waals surface area (Å²) in [5, 5.41) is 10.2. The van der Waals surface area contributed by atoms with E-state index in [-0.39, 0.29) is 4.47 Å². The Morgan fingerprint density at radius 1 is 0.944 bits per heavy atom. The summed E-state index contributed by atoms with van der Waals surface area (Å²) >= 11 is 6.25. The predicted octanol–water partition coefficient (Wildman–Crippen LogP) is 4.57. The van der Waals surface area contributed by atoms with Crippen molar-refractivity contribution in [1.82, 2.24) is 0 Å². The van der Waals surface area contributed by atoms with Gasteiger partial charge in [-0.15, -0.1) is 0 Å². The van der Waals surface area contributed by atoms with Crippen molar-refractivity contribution < 1.29 is 13.9 Å². The first-order chi connectivity index (χ1) is 8.49. The zero-order valence-electron chi connectivity index (χ0n) is 9.00. The third kappa shape index (κ3) is 2.79. The van der Waals surface area contributed by atoms with Crippen LogP contribution in [-0.4, -0.2) is 5.11 Å². The fourth-order valence-electron chi connectivity index (χ4n) is 1.59. The average Bonchev–Trinajstić information content (AvgIpc) is 2.32. The Kier molecular flexibility index (Phi) is 4.14. The third-order valence-electron chi connectivity index (χ3n) is 2.52. The van der Waals surface area contributed by atoms with Crippen molar-refractivity contribution in [3.05, 3.63) is 68.1 Å². The van der Waals surface area contributed by atoms with Gasteiger partial charge in [0, 0.05) is 4.47 Å². The first-order valence-electron chi connectivity index (χ1n) is 5.07. The summed E-state index contributed by atoms with van der Waals surface area (Å²) in [6, 6.07) is 8.27. The number of hydrogen-bond donors (Lipinski definition) is 1. The Hall–Kier alpha value is -0.780. The minimum Gasteiger partial charge on any atom is -0.384 e. The molecular weight excluding hydrogens is 370 g/mol. The summed E-state index contributed by atoms with van der Waals surface area (Å²) in [5.41, 5.74) is 1.05. The summed E-state index contributed by atoms with van der Waals surface area (Å²) < 4.78 is 26.8. The Bertz CT molecular complexity index is 587. The van der Waals surface area contributed by atoms with Gasteiger partial charge in [-0.25, -0.2) is 8.78 Å². The van der Waals surface area contributed by atoms with Gasteiger partial charge in [0.2, 0.25) is 0 Å². The Morgan fingerprint density at radius 3 is 2.28 bits per heavy atom. The SMILES string of the molecule is OC(c1ccc(F)c(Br)c1)c1ccc(F)cc1Br. The minimum absolute atomic E-state index is 0.275. The molecule has 94 valence electrons. The van der Waals surface area contributed by atoms with Gasteiger partial charge in [-0.2, -0.15) is 0 Å². The molecule has 0 aliphatic carbocycles. The molecule has 2 aromatic carbocycles. The lowest BCUT2D eigenvalue weighted by atomic mass is 10.0. The van der Waals surface area contributed by atoms with Gasteiger partial charge in [-0.05, 0) is 51.3 Å². The highest BCUT2D eigenvalue weighted by Gasteiger charge is 2.15. The second-order valence-corrected chi connectivity index (χ2v) is 5.45. The molecule has 1 N–H and O–H groups in total. The van der Waals surface area contributed by atoms with Gasteiger partial charge in [0.05, 0.1) is 4.47 Å². The van der Waals surface area contributed by atoms with E-state index < -0.39 is 17.7 Å². The fraction of sp³-hybridized carbons (Fsp3) is 0.0769. The molecule has 2 aromatic rings. The lowest BCUT2D eigenvalue weighted by Gasteiger charge is -2.14. The lowest BCUT2D eigenvalue weighted by Crippen LogP contribution is -2.01. The molecule has 18 heavy (non-hydrogen) atoms. The van der Waals surface area contributed by atoms with Crippen LogP contribution in [0.5, 0.6) is 0 Å². The average molecular weight is 378 g/mol. The topological polar surface area (TPSA) is 20.2 Å². The highest BCUT2D eigenvalue weighted by molar-refractivity contribution is 9.10. The zero-order chi connectivity index (χ0) is 13.3. The van der Waals surface area contributed by atoms with E-state index in [1.165, 1.54) is 36.4 Å². The van der Waals surface area contributed by atoms with Gasteiger partial charge in [-0.1, -0.05) is 28.1 Å². The predicted molar refractivity (Wildman–Crippen MR) is 72.3 cm³/mol. The molecule has 1 atom stereocenters. The molecule has 0 bridgehead atoms. The van der Waals surface area contributed by atoms with Crippen molar-refractivity contribution in [1.29, 1.82) is 0 Å². The number of halogens is 4. The molecule has 0 heterocycles. The molecule has 0 saturated heterocycles. The number of aliphatic hydroxyl groups excluding tert-OH is 1. The second kappa shape index (κ2) is 5.47. The number of rotatable bonds is 2. The second-order valence-electron chi connectivity index (χ2n) is 3.74. The monoisotopic (exact) mass is 376 g/mol. The van der Waals surface area contributed by atoms with Crippen LogP contribution in [0.25, 0.3) is 0 Å². The van der Waals surface area contributed by atoms with Gasteiger partial charge in [0.15, 0.2) is 0 Å². The maximum atomic E-state index is 13.1. The molecule has 0 radical (unpaired) electrons. The standard InChI is InChI=1S/C13H8Br2F2O/c14-10-6-8(16)2-3-9(10)13(18)7-1-4-12(17)11(15)5-7/h1-6,13,18H. The van der Waals surface area contributed by atoms with Crippen LogP contribution in [0.4, 0.5) is 8.78 Å². The third-order valence-corrected chi connectivity index (χ3v) is 3.81. The Labute approximate surface area is 120 Å². The number of aliphatic hydroxyl groups is 1. The van der Waals surface area contributed by atoms with Gasteiger partial charge >= 0.3 is 0 Å². The van der Waals surface area contributed by atoms with Crippen molar-refractivity contribution in [3.63, 3.8) is 0 Å². The molecule has 0 aromatic heterocycles. The summed E-state index contributed by atoms with van der Waals surface area (Å²) in [6.07, 6.45) is -0.947. The Morgan fingerprint density at radius 2 is 1.67 bits per heavy atom. The van der Waals surface area contributed by atoms with E-state index in [0.29, 0.717) is 15.6 Å². The van der Waals surface area contributed by atoms with Crippen LogP contribution in [0.3, 0.4) is 0 Å². The molecule has 0 saturated carbocycles. The number of hydrogen-bond acceptors (Lipinski definition) is 1. The molecular formula is C13H8Br2F2O. The largest absolute Gasteiger partial charge is 0.384 e. The van der Waals surface area contributed by atoms with Crippen molar-refractivity contribution in [3.8, 4) is 0 Å². The molecule has 5 heteroatoms. The first kappa shape index (κ1) is 13.6. The molecule has 1 nitrogen and oxygen atoms in total. The van der Waals surface area contributed by atoms with Crippen molar-refractivity contribution in [2.45, 2.75) is 6.10 Å². The first-order valence-corrected chi connectivity index (χ1v) is 6.65. The molecule has 0 aliphatic heterocycles. The van der Waals surface area contributed by atoms with Gasteiger partial charge in [0.25, 0.3) is 0 Å². The quantitative estimate of drug-likeness (QED) is 0.812. The normalized spacial score (nSPS) is 12.5.